The predicted molar refractivity (Wildman–Crippen MR) is 55.8 cm³/mol. The number of ether oxygens (including phenoxy) is 1. The summed E-state index contributed by atoms with van der Waals surface area (Å²) in [5.41, 5.74) is 3.31. The molecule has 2 atom stereocenters. The van der Waals surface area contributed by atoms with Crippen LogP contribution in [0.1, 0.15) is 24.2 Å². The van der Waals surface area contributed by atoms with E-state index in [1.165, 1.54) is 0 Å². The number of hydrogen-bond donors (Lipinski definition) is 1. The Kier molecular flexibility index (Phi) is 2.40. The fraction of sp³-hybridized carbons (Fsp3) is 0.333. The van der Waals surface area contributed by atoms with Gasteiger partial charge in [-0.3, -0.25) is 0 Å². The third-order valence-corrected chi connectivity index (χ3v) is 2.49. The van der Waals surface area contributed by atoms with Crippen molar-refractivity contribution in [3.8, 4) is 0 Å². The van der Waals surface area contributed by atoms with Crippen molar-refractivity contribution < 1.29 is 9.84 Å². The molecule has 0 radical (unpaired) electrons. The zero-order valence-electron chi connectivity index (χ0n) is 8.23. The Morgan fingerprint density at radius 3 is 2.79 bits per heavy atom. The summed E-state index contributed by atoms with van der Waals surface area (Å²) in [6, 6.07) is 8.04. The van der Waals surface area contributed by atoms with Crippen molar-refractivity contribution in [2.45, 2.75) is 19.1 Å². The molecule has 0 spiro atoms. The highest BCUT2D eigenvalue weighted by Gasteiger charge is 2.40. The summed E-state index contributed by atoms with van der Waals surface area (Å²) in [6.07, 6.45) is 0.0448. The molecule has 2 unspecified atom stereocenters. The molecule has 0 aromatic heterocycles. The highest BCUT2D eigenvalue weighted by molar-refractivity contribution is 5.65. The number of aliphatic hydroxyl groups is 1. The van der Waals surface area contributed by atoms with Gasteiger partial charge in [-0.05, 0) is 18.1 Å². The molecule has 0 aliphatic carbocycles. The Morgan fingerprint density at radius 1 is 1.50 bits per heavy atom. The minimum atomic E-state index is -0.0181. The van der Waals surface area contributed by atoms with Crippen LogP contribution in [0.25, 0.3) is 5.57 Å². The van der Waals surface area contributed by atoms with Gasteiger partial charge in [0.25, 0.3) is 0 Å². The molecule has 14 heavy (non-hydrogen) atoms. The van der Waals surface area contributed by atoms with E-state index in [0.29, 0.717) is 0 Å². The zero-order chi connectivity index (χ0) is 10.1. The minimum absolute atomic E-state index is 0.0181. The number of benzene rings is 1. The van der Waals surface area contributed by atoms with Crippen LogP contribution in [0.4, 0.5) is 0 Å². The molecule has 2 nitrogen and oxygen atoms in total. The van der Waals surface area contributed by atoms with Crippen molar-refractivity contribution >= 4 is 5.57 Å². The maximum absolute atomic E-state index is 8.92. The molecule has 1 aliphatic rings. The van der Waals surface area contributed by atoms with E-state index in [2.05, 4.69) is 6.58 Å². The lowest BCUT2D eigenvalue weighted by molar-refractivity contribution is 0.242. The second kappa shape index (κ2) is 3.56. The molecule has 1 saturated heterocycles. The average Bonchev–Trinajstić information content (AvgIpc) is 2.96. The third kappa shape index (κ3) is 1.59. The molecule has 1 aliphatic heterocycles. The zero-order valence-corrected chi connectivity index (χ0v) is 8.23. The normalized spacial score (nSPS) is 24.7. The molecular weight excluding hydrogens is 176 g/mol. The van der Waals surface area contributed by atoms with Gasteiger partial charge in [-0.2, -0.15) is 0 Å². The van der Waals surface area contributed by atoms with Crippen LogP contribution in [0.5, 0.6) is 0 Å². The number of allylic oxidation sites excluding steroid dienone is 1. The van der Waals surface area contributed by atoms with E-state index in [-0.39, 0.29) is 18.8 Å². The summed E-state index contributed by atoms with van der Waals surface area (Å²) >= 11 is 0. The molecule has 0 saturated carbocycles. The molecule has 1 aromatic rings. The Labute approximate surface area is 83.8 Å². The Morgan fingerprint density at radius 2 is 2.21 bits per heavy atom. The first-order chi connectivity index (χ1) is 6.74. The highest BCUT2D eigenvalue weighted by atomic mass is 16.6. The van der Waals surface area contributed by atoms with Crippen LogP contribution >= 0.6 is 0 Å². The van der Waals surface area contributed by atoms with Crippen molar-refractivity contribution in [1.82, 2.24) is 0 Å². The lowest BCUT2D eigenvalue weighted by Crippen LogP contribution is -1.96. The van der Waals surface area contributed by atoms with Gasteiger partial charge in [0.1, 0.15) is 12.2 Å². The van der Waals surface area contributed by atoms with Crippen LogP contribution < -0.4 is 0 Å². The van der Waals surface area contributed by atoms with Crippen molar-refractivity contribution in [1.29, 1.82) is 0 Å². The van der Waals surface area contributed by atoms with Gasteiger partial charge in [0, 0.05) is 0 Å². The second-order valence-electron chi connectivity index (χ2n) is 3.65. The molecule has 2 heteroatoms. The van der Waals surface area contributed by atoms with Crippen LogP contribution in [-0.2, 0) is 4.74 Å². The Hall–Kier alpha value is -1.12. The van der Waals surface area contributed by atoms with Gasteiger partial charge in [-0.15, -0.1) is 0 Å². The van der Waals surface area contributed by atoms with E-state index in [0.717, 1.165) is 16.7 Å². The summed E-state index contributed by atoms with van der Waals surface area (Å²) in [4.78, 5) is 0. The van der Waals surface area contributed by atoms with Crippen molar-refractivity contribution in [2.24, 2.45) is 0 Å². The van der Waals surface area contributed by atoms with Gasteiger partial charge in [0.05, 0.1) is 6.61 Å². The van der Waals surface area contributed by atoms with E-state index in [1.54, 1.807) is 0 Å². The first-order valence-electron chi connectivity index (χ1n) is 4.75. The second-order valence-corrected chi connectivity index (χ2v) is 3.65. The predicted octanol–water partition coefficient (Wildman–Crippen LogP) is 2.15. The summed E-state index contributed by atoms with van der Waals surface area (Å²) < 4.78 is 5.35. The van der Waals surface area contributed by atoms with E-state index in [4.69, 9.17) is 9.84 Å². The monoisotopic (exact) mass is 190 g/mol. The molecule has 0 amide bonds. The van der Waals surface area contributed by atoms with Gasteiger partial charge in [-0.1, -0.05) is 36.4 Å². The fourth-order valence-electron chi connectivity index (χ4n) is 1.69. The lowest BCUT2D eigenvalue weighted by Gasteiger charge is -2.05. The smallest absolute Gasteiger partial charge is 0.112 e. The van der Waals surface area contributed by atoms with Crippen LogP contribution in [0.15, 0.2) is 30.8 Å². The Bertz CT molecular complexity index is 357. The first kappa shape index (κ1) is 9.44. The maximum atomic E-state index is 8.92. The first-order valence-corrected chi connectivity index (χ1v) is 4.75. The van der Waals surface area contributed by atoms with Gasteiger partial charge in [0.15, 0.2) is 0 Å². The van der Waals surface area contributed by atoms with Crippen LogP contribution in [0.2, 0.25) is 0 Å². The quantitative estimate of drug-likeness (QED) is 0.741. The van der Waals surface area contributed by atoms with Gasteiger partial charge in [-0.25, -0.2) is 0 Å². The molecule has 1 fully saturated rings. The maximum Gasteiger partial charge on any atom is 0.112 e. The van der Waals surface area contributed by atoms with Gasteiger partial charge < -0.3 is 9.84 Å². The van der Waals surface area contributed by atoms with Gasteiger partial charge in [0.2, 0.25) is 0 Å². The van der Waals surface area contributed by atoms with Crippen LogP contribution in [0.3, 0.4) is 0 Å². The lowest BCUT2D eigenvalue weighted by atomic mass is 9.98. The van der Waals surface area contributed by atoms with E-state index < -0.39 is 0 Å². The third-order valence-electron chi connectivity index (χ3n) is 2.49. The summed E-state index contributed by atoms with van der Waals surface area (Å²) in [6.45, 7) is 6.00. The average molecular weight is 190 g/mol. The minimum Gasteiger partial charge on any atom is -0.394 e. The SMILES string of the molecule is C=C(C)c1ccccc1C1OC1CO. The number of rotatable bonds is 3. The van der Waals surface area contributed by atoms with Crippen LogP contribution in [0, 0.1) is 0 Å². The number of aliphatic hydroxyl groups excluding tert-OH is 1. The van der Waals surface area contributed by atoms with E-state index in [9.17, 15) is 0 Å². The summed E-state index contributed by atoms with van der Waals surface area (Å²) in [5, 5.41) is 8.92. The largest absolute Gasteiger partial charge is 0.394 e. The van der Waals surface area contributed by atoms with Gasteiger partial charge >= 0.3 is 0 Å². The van der Waals surface area contributed by atoms with Crippen molar-refractivity contribution in [3.05, 3.63) is 42.0 Å². The van der Waals surface area contributed by atoms with E-state index in [1.807, 2.05) is 31.2 Å². The number of hydrogen-bond acceptors (Lipinski definition) is 2. The number of epoxide rings is 1. The Balaban J connectivity index is 2.29. The molecule has 1 N–H and O–H groups in total. The highest BCUT2D eigenvalue weighted by Crippen LogP contribution is 2.41. The van der Waals surface area contributed by atoms with E-state index >= 15 is 0 Å². The molecular formula is C12H14O2. The molecule has 0 bridgehead atoms. The van der Waals surface area contributed by atoms with Crippen LogP contribution in [-0.4, -0.2) is 17.8 Å². The molecule has 1 heterocycles. The van der Waals surface area contributed by atoms with Crippen molar-refractivity contribution in [2.75, 3.05) is 6.61 Å². The summed E-state index contributed by atoms with van der Waals surface area (Å²) in [7, 11) is 0. The molecule has 74 valence electrons. The summed E-state index contributed by atoms with van der Waals surface area (Å²) in [5.74, 6) is 0. The molecule has 2 rings (SSSR count). The fourth-order valence-corrected chi connectivity index (χ4v) is 1.69. The topological polar surface area (TPSA) is 32.8 Å². The standard InChI is InChI=1S/C12H14O2/c1-8(2)9-5-3-4-6-10(9)12-11(7-13)14-12/h3-6,11-13H,1,7H2,2H3. The molecule has 1 aromatic carbocycles. The van der Waals surface area contributed by atoms with Crippen molar-refractivity contribution in [3.63, 3.8) is 0 Å².